The summed E-state index contributed by atoms with van der Waals surface area (Å²) in [6.45, 7) is 5.89. The highest BCUT2D eigenvalue weighted by atomic mass is 32.2. The number of methoxy groups -OCH3 is 2. The zero-order valence-corrected chi connectivity index (χ0v) is 17.9. The first-order valence-electron chi connectivity index (χ1n) is 9.02. The van der Waals surface area contributed by atoms with Gasteiger partial charge < -0.3 is 20.1 Å². The van der Waals surface area contributed by atoms with Gasteiger partial charge >= 0.3 is 0 Å². The normalized spacial score (nSPS) is 13.6. The standard InChI is InChI=1S/C20H32N2O4S/c1-14(13-20(2,3)26-5)21-19(24)16(11-12-27-6)22-18(23)15-9-7-8-10-17(15)25-4/h7-10,14,16H,11-13H2,1-6H3,(H,21,24)(H,22,23)/t14-,16+/m0/s1. The molecule has 0 aliphatic rings. The van der Waals surface area contributed by atoms with Crippen molar-refractivity contribution in [1.29, 1.82) is 0 Å². The predicted molar refractivity (Wildman–Crippen MR) is 111 cm³/mol. The molecule has 0 saturated heterocycles. The summed E-state index contributed by atoms with van der Waals surface area (Å²) in [5.74, 6) is 0.738. The third-order valence-electron chi connectivity index (χ3n) is 4.32. The molecule has 1 aromatic carbocycles. The molecule has 0 heterocycles. The van der Waals surface area contributed by atoms with Gasteiger partial charge in [0, 0.05) is 13.2 Å². The SMILES string of the molecule is COc1ccccc1C(=O)N[C@H](CCSC)C(=O)N[C@@H](C)CC(C)(C)OC. The van der Waals surface area contributed by atoms with Crippen LogP contribution in [0.5, 0.6) is 5.75 Å². The van der Waals surface area contributed by atoms with Crippen LogP contribution in [0.25, 0.3) is 0 Å². The summed E-state index contributed by atoms with van der Waals surface area (Å²) < 4.78 is 10.7. The lowest BCUT2D eigenvalue weighted by Gasteiger charge is -2.28. The zero-order chi connectivity index (χ0) is 20.4. The fourth-order valence-electron chi connectivity index (χ4n) is 2.79. The topological polar surface area (TPSA) is 76.7 Å². The van der Waals surface area contributed by atoms with Crippen LogP contribution in [0.15, 0.2) is 24.3 Å². The Bertz CT molecular complexity index is 622. The van der Waals surface area contributed by atoms with Crippen LogP contribution in [0.3, 0.4) is 0 Å². The first-order valence-corrected chi connectivity index (χ1v) is 10.4. The third kappa shape index (κ3) is 7.81. The molecule has 0 fully saturated rings. The Balaban J connectivity index is 2.82. The maximum atomic E-state index is 12.7. The lowest BCUT2D eigenvalue weighted by Crippen LogP contribution is -2.50. The Labute approximate surface area is 166 Å². The summed E-state index contributed by atoms with van der Waals surface area (Å²) in [7, 11) is 3.17. The smallest absolute Gasteiger partial charge is 0.255 e. The maximum absolute atomic E-state index is 12.7. The van der Waals surface area contributed by atoms with Gasteiger partial charge in [0.15, 0.2) is 0 Å². The van der Waals surface area contributed by atoms with Crippen molar-refractivity contribution in [3.63, 3.8) is 0 Å². The van der Waals surface area contributed by atoms with Crippen LogP contribution in [0.2, 0.25) is 0 Å². The molecule has 6 nitrogen and oxygen atoms in total. The van der Waals surface area contributed by atoms with Gasteiger partial charge in [0.05, 0.1) is 18.3 Å². The van der Waals surface area contributed by atoms with E-state index in [2.05, 4.69) is 10.6 Å². The van der Waals surface area contributed by atoms with Gasteiger partial charge in [-0.2, -0.15) is 11.8 Å². The van der Waals surface area contributed by atoms with E-state index in [1.54, 1.807) is 43.1 Å². The zero-order valence-electron chi connectivity index (χ0n) is 17.1. The summed E-state index contributed by atoms with van der Waals surface area (Å²) in [4.78, 5) is 25.4. The number of benzene rings is 1. The Hall–Kier alpha value is -1.73. The number of para-hydroxylation sites is 1. The van der Waals surface area contributed by atoms with E-state index in [1.807, 2.05) is 27.0 Å². The predicted octanol–water partition coefficient (Wildman–Crippen LogP) is 2.87. The first kappa shape index (κ1) is 23.3. The molecule has 152 valence electrons. The molecular weight excluding hydrogens is 364 g/mol. The fourth-order valence-corrected chi connectivity index (χ4v) is 3.26. The molecule has 2 atom stereocenters. The van der Waals surface area contributed by atoms with Crippen molar-refractivity contribution in [3.8, 4) is 5.75 Å². The number of carbonyl (C=O) groups is 2. The van der Waals surface area contributed by atoms with Crippen molar-refractivity contribution in [2.45, 2.75) is 51.3 Å². The van der Waals surface area contributed by atoms with Crippen LogP contribution in [0, 0.1) is 0 Å². The molecule has 0 aliphatic carbocycles. The minimum absolute atomic E-state index is 0.0765. The summed E-state index contributed by atoms with van der Waals surface area (Å²) in [6, 6.07) is 6.29. The van der Waals surface area contributed by atoms with Crippen molar-refractivity contribution in [2.24, 2.45) is 0 Å². The van der Waals surface area contributed by atoms with E-state index in [-0.39, 0.29) is 23.5 Å². The molecule has 1 rings (SSSR count). The molecule has 0 saturated carbocycles. The fraction of sp³-hybridized carbons (Fsp3) is 0.600. The van der Waals surface area contributed by atoms with Crippen molar-refractivity contribution in [3.05, 3.63) is 29.8 Å². The van der Waals surface area contributed by atoms with E-state index < -0.39 is 6.04 Å². The molecule has 27 heavy (non-hydrogen) atoms. The Kier molecular flexibility index (Phi) is 9.66. The van der Waals surface area contributed by atoms with Crippen LogP contribution in [-0.4, -0.2) is 55.7 Å². The minimum Gasteiger partial charge on any atom is -0.496 e. The molecule has 0 unspecified atom stereocenters. The van der Waals surface area contributed by atoms with Crippen molar-refractivity contribution in [1.82, 2.24) is 10.6 Å². The van der Waals surface area contributed by atoms with Gasteiger partial charge in [0.1, 0.15) is 11.8 Å². The second kappa shape index (κ2) is 11.2. The lowest BCUT2D eigenvalue weighted by atomic mass is 9.99. The van der Waals surface area contributed by atoms with Gasteiger partial charge in [-0.15, -0.1) is 0 Å². The van der Waals surface area contributed by atoms with Crippen LogP contribution >= 0.6 is 11.8 Å². The van der Waals surface area contributed by atoms with E-state index >= 15 is 0 Å². The summed E-state index contributed by atoms with van der Waals surface area (Å²) in [5.41, 5.74) is 0.0813. The van der Waals surface area contributed by atoms with Crippen LogP contribution in [0.4, 0.5) is 0 Å². The maximum Gasteiger partial charge on any atom is 0.255 e. The largest absolute Gasteiger partial charge is 0.496 e. The summed E-state index contributed by atoms with van der Waals surface area (Å²) >= 11 is 1.63. The molecular formula is C20H32N2O4S. The van der Waals surface area contributed by atoms with Crippen molar-refractivity contribution >= 4 is 23.6 Å². The quantitative estimate of drug-likeness (QED) is 0.601. The molecule has 0 spiro atoms. The number of amides is 2. The minimum atomic E-state index is -0.608. The summed E-state index contributed by atoms with van der Waals surface area (Å²) in [5, 5.41) is 5.84. The highest BCUT2D eigenvalue weighted by Crippen LogP contribution is 2.18. The Morgan fingerprint density at radius 3 is 2.44 bits per heavy atom. The van der Waals surface area contributed by atoms with Gasteiger partial charge in [-0.25, -0.2) is 0 Å². The Morgan fingerprint density at radius 2 is 1.85 bits per heavy atom. The molecule has 2 N–H and O–H groups in total. The average Bonchev–Trinajstić information content (AvgIpc) is 2.64. The van der Waals surface area contributed by atoms with Crippen molar-refractivity contribution < 1.29 is 19.1 Å². The highest BCUT2D eigenvalue weighted by Gasteiger charge is 2.26. The van der Waals surface area contributed by atoms with Gasteiger partial charge in [-0.1, -0.05) is 12.1 Å². The Morgan fingerprint density at radius 1 is 1.19 bits per heavy atom. The third-order valence-corrected chi connectivity index (χ3v) is 4.97. The number of hydrogen-bond donors (Lipinski definition) is 2. The van der Waals surface area contributed by atoms with E-state index in [9.17, 15) is 9.59 Å². The van der Waals surface area contributed by atoms with E-state index in [4.69, 9.17) is 9.47 Å². The van der Waals surface area contributed by atoms with Gasteiger partial charge in [0.25, 0.3) is 5.91 Å². The van der Waals surface area contributed by atoms with Gasteiger partial charge in [-0.05, 0) is 57.8 Å². The summed E-state index contributed by atoms with van der Waals surface area (Å²) in [6.07, 6.45) is 3.19. The van der Waals surface area contributed by atoms with Crippen molar-refractivity contribution in [2.75, 3.05) is 26.2 Å². The van der Waals surface area contributed by atoms with E-state index in [1.165, 1.54) is 7.11 Å². The number of carbonyl (C=O) groups excluding carboxylic acids is 2. The van der Waals surface area contributed by atoms with Gasteiger partial charge in [-0.3, -0.25) is 9.59 Å². The second-order valence-electron chi connectivity index (χ2n) is 7.09. The van der Waals surface area contributed by atoms with E-state index in [0.717, 1.165) is 5.75 Å². The van der Waals surface area contributed by atoms with Crippen LogP contribution in [-0.2, 0) is 9.53 Å². The molecule has 0 bridgehead atoms. The van der Waals surface area contributed by atoms with Gasteiger partial charge in [0.2, 0.25) is 5.91 Å². The average molecular weight is 397 g/mol. The lowest BCUT2D eigenvalue weighted by molar-refractivity contribution is -0.124. The van der Waals surface area contributed by atoms with Crippen LogP contribution in [0.1, 0.15) is 44.0 Å². The molecule has 0 radical (unpaired) electrons. The first-order chi connectivity index (χ1) is 12.7. The molecule has 1 aromatic rings. The number of rotatable bonds is 11. The number of hydrogen-bond acceptors (Lipinski definition) is 5. The number of thioether (sulfide) groups is 1. The van der Waals surface area contributed by atoms with E-state index in [0.29, 0.717) is 24.2 Å². The number of ether oxygens (including phenoxy) is 2. The highest BCUT2D eigenvalue weighted by molar-refractivity contribution is 7.98. The van der Waals surface area contributed by atoms with Crippen LogP contribution < -0.4 is 15.4 Å². The molecule has 0 aliphatic heterocycles. The number of nitrogens with one attached hydrogen (secondary N) is 2. The molecule has 0 aromatic heterocycles. The second-order valence-corrected chi connectivity index (χ2v) is 8.07. The molecule has 7 heteroatoms. The monoisotopic (exact) mass is 396 g/mol. The molecule has 2 amide bonds.